The number of unbranched alkanes of at least 4 members (excludes halogenated alkanes) is 2. The molecule has 2 aromatic rings. The van der Waals surface area contributed by atoms with Crippen LogP contribution >= 0.6 is 0 Å². The molecule has 0 saturated heterocycles. The second kappa shape index (κ2) is 17.7. The van der Waals surface area contributed by atoms with E-state index < -0.39 is 30.2 Å². The molecule has 2 fully saturated rings. The molecule has 0 radical (unpaired) electrons. The molecule has 2 aliphatic rings. The molecule has 2 aliphatic carbocycles. The molecule has 0 spiro atoms. The van der Waals surface area contributed by atoms with E-state index in [9.17, 15) is 23.5 Å². The van der Waals surface area contributed by atoms with Crippen molar-refractivity contribution in [2.75, 3.05) is 19.8 Å². The van der Waals surface area contributed by atoms with Crippen molar-refractivity contribution >= 4 is 11.9 Å². The van der Waals surface area contributed by atoms with Crippen LogP contribution in [0.15, 0.2) is 60.7 Å². The molecule has 4 rings (SSSR count). The maximum Gasteiger partial charge on any atom is 0.335 e. The van der Waals surface area contributed by atoms with Crippen LogP contribution in [0.25, 0.3) is 11.1 Å². The number of halogens is 2. The number of aryl methyl sites for hydroxylation is 1. The third-order valence-electron chi connectivity index (χ3n) is 10.4. The van der Waals surface area contributed by atoms with Gasteiger partial charge in [-0.1, -0.05) is 57.2 Å². The molecular weight excluding hydrogens is 598 g/mol. The van der Waals surface area contributed by atoms with Gasteiger partial charge in [0.1, 0.15) is 11.6 Å². The van der Waals surface area contributed by atoms with Crippen LogP contribution in [-0.4, -0.2) is 36.9 Å². The van der Waals surface area contributed by atoms with Crippen molar-refractivity contribution in [1.29, 1.82) is 0 Å². The van der Waals surface area contributed by atoms with Gasteiger partial charge < -0.3 is 14.6 Å². The Morgan fingerprint density at radius 1 is 0.851 bits per heavy atom. The second-order valence-corrected chi connectivity index (χ2v) is 13.8. The Kier molecular flexibility index (Phi) is 13.8. The number of aliphatic hydroxyl groups is 1. The van der Waals surface area contributed by atoms with Gasteiger partial charge in [0, 0.05) is 11.5 Å². The molecule has 0 bridgehead atoms. The standard InChI is InChI=1S/C40H52F2O5/c1-5-6-7-8-28-21-36(41)38(37(42)22-28)34-19-17-32(18-20-34)30-11-9-29(10-12-30)31-13-15-33(16-14-31)35(24-46-39(44)26(2)3)25-47-40(45)27(4)23-43/h17-22,29-31,33,35,43H,2,4-16,23-25H2,1,3H3. The Bertz CT molecular complexity index is 1340. The van der Waals surface area contributed by atoms with Crippen molar-refractivity contribution in [3.63, 3.8) is 0 Å². The summed E-state index contributed by atoms with van der Waals surface area (Å²) in [6, 6.07) is 10.8. The van der Waals surface area contributed by atoms with E-state index in [0.717, 1.165) is 70.6 Å². The van der Waals surface area contributed by atoms with E-state index in [-0.39, 0.29) is 36.2 Å². The maximum absolute atomic E-state index is 15.0. The predicted octanol–water partition coefficient (Wildman–Crippen LogP) is 9.27. The summed E-state index contributed by atoms with van der Waals surface area (Å²) in [5, 5.41) is 9.19. The van der Waals surface area contributed by atoms with Crippen LogP contribution in [0.2, 0.25) is 0 Å². The molecule has 0 aliphatic heterocycles. The summed E-state index contributed by atoms with van der Waals surface area (Å²) in [6.07, 6.45) is 12.4. The van der Waals surface area contributed by atoms with Gasteiger partial charge in [-0.3, -0.25) is 0 Å². The smallest absolute Gasteiger partial charge is 0.335 e. The first-order chi connectivity index (χ1) is 22.6. The quantitative estimate of drug-likeness (QED) is 0.118. The van der Waals surface area contributed by atoms with Gasteiger partial charge in [0.15, 0.2) is 0 Å². The highest BCUT2D eigenvalue weighted by Gasteiger charge is 2.34. The number of benzene rings is 2. The summed E-state index contributed by atoms with van der Waals surface area (Å²) >= 11 is 0. The molecule has 5 nitrogen and oxygen atoms in total. The predicted molar refractivity (Wildman–Crippen MR) is 182 cm³/mol. The largest absolute Gasteiger partial charge is 0.462 e. The Labute approximate surface area is 279 Å². The van der Waals surface area contributed by atoms with E-state index in [4.69, 9.17) is 9.47 Å². The van der Waals surface area contributed by atoms with E-state index in [1.807, 2.05) is 24.3 Å². The molecule has 256 valence electrons. The Morgan fingerprint density at radius 3 is 1.94 bits per heavy atom. The zero-order chi connectivity index (χ0) is 33.9. The molecule has 2 saturated carbocycles. The normalized spacial score (nSPS) is 21.9. The summed E-state index contributed by atoms with van der Waals surface area (Å²) in [4.78, 5) is 24.2. The van der Waals surface area contributed by atoms with Gasteiger partial charge in [0.05, 0.1) is 31.0 Å². The molecule has 0 amide bonds. The van der Waals surface area contributed by atoms with Crippen molar-refractivity contribution in [2.24, 2.45) is 23.7 Å². The fourth-order valence-corrected chi connectivity index (χ4v) is 7.53. The number of aliphatic hydroxyl groups excluding tert-OH is 1. The van der Waals surface area contributed by atoms with Crippen molar-refractivity contribution in [3.8, 4) is 11.1 Å². The van der Waals surface area contributed by atoms with Crippen LogP contribution < -0.4 is 0 Å². The van der Waals surface area contributed by atoms with Crippen molar-refractivity contribution in [3.05, 3.63) is 83.5 Å². The van der Waals surface area contributed by atoms with Crippen LogP contribution in [0.1, 0.15) is 102 Å². The molecule has 1 unspecified atom stereocenters. The lowest BCUT2D eigenvalue weighted by molar-refractivity contribution is -0.146. The van der Waals surface area contributed by atoms with Crippen LogP contribution in [-0.2, 0) is 25.5 Å². The zero-order valence-corrected chi connectivity index (χ0v) is 28.2. The minimum Gasteiger partial charge on any atom is -0.462 e. The monoisotopic (exact) mass is 650 g/mol. The number of hydrogen-bond acceptors (Lipinski definition) is 5. The first-order valence-electron chi connectivity index (χ1n) is 17.5. The summed E-state index contributed by atoms with van der Waals surface area (Å²) in [5.74, 6) is -0.179. The lowest BCUT2D eigenvalue weighted by Gasteiger charge is -2.39. The van der Waals surface area contributed by atoms with E-state index in [1.165, 1.54) is 17.7 Å². The third-order valence-corrected chi connectivity index (χ3v) is 10.4. The number of carbonyl (C=O) groups excluding carboxylic acids is 2. The number of rotatable bonds is 15. The summed E-state index contributed by atoms with van der Waals surface area (Å²) in [6.45, 7) is 10.7. The topological polar surface area (TPSA) is 72.8 Å². The average Bonchev–Trinajstić information content (AvgIpc) is 3.08. The SMILES string of the molecule is C=C(C)C(=O)OCC(COC(=O)C(=C)CO)C1CCC(C2CCC(c3ccc(-c4c(F)cc(CCCCC)cc4F)cc3)CC2)CC1. The Hall–Kier alpha value is -3.32. The number of ether oxygens (including phenoxy) is 2. The zero-order valence-electron chi connectivity index (χ0n) is 28.2. The van der Waals surface area contributed by atoms with E-state index >= 15 is 0 Å². The molecule has 7 heteroatoms. The van der Waals surface area contributed by atoms with Crippen molar-refractivity contribution in [2.45, 2.75) is 96.8 Å². The van der Waals surface area contributed by atoms with E-state index in [0.29, 0.717) is 40.9 Å². The first kappa shape index (κ1) is 36.5. The lowest BCUT2D eigenvalue weighted by Crippen LogP contribution is -2.33. The fraction of sp³-hybridized carbons (Fsp3) is 0.550. The fourth-order valence-electron chi connectivity index (χ4n) is 7.53. The Balaban J connectivity index is 1.28. The van der Waals surface area contributed by atoms with Crippen LogP contribution in [0.5, 0.6) is 0 Å². The van der Waals surface area contributed by atoms with Crippen LogP contribution in [0.3, 0.4) is 0 Å². The average molecular weight is 651 g/mol. The van der Waals surface area contributed by atoms with Gasteiger partial charge in [-0.2, -0.15) is 0 Å². The number of carbonyl (C=O) groups is 2. The van der Waals surface area contributed by atoms with E-state index in [2.05, 4.69) is 20.1 Å². The third kappa shape index (κ3) is 10.1. The van der Waals surface area contributed by atoms with Gasteiger partial charge in [0.25, 0.3) is 0 Å². The van der Waals surface area contributed by atoms with Crippen LogP contribution in [0.4, 0.5) is 8.78 Å². The van der Waals surface area contributed by atoms with Gasteiger partial charge in [-0.05, 0) is 124 Å². The number of hydrogen-bond donors (Lipinski definition) is 1. The van der Waals surface area contributed by atoms with Gasteiger partial charge in [-0.15, -0.1) is 0 Å². The maximum atomic E-state index is 15.0. The molecule has 1 N–H and O–H groups in total. The molecule has 1 atom stereocenters. The van der Waals surface area contributed by atoms with Gasteiger partial charge in [0.2, 0.25) is 0 Å². The second-order valence-electron chi connectivity index (χ2n) is 13.8. The first-order valence-corrected chi connectivity index (χ1v) is 17.5. The Morgan fingerprint density at radius 2 is 1.40 bits per heavy atom. The van der Waals surface area contributed by atoms with Gasteiger partial charge in [-0.25, -0.2) is 18.4 Å². The molecule has 0 aromatic heterocycles. The summed E-state index contributed by atoms with van der Waals surface area (Å²) in [7, 11) is 0. The highest BCUT2D eigenvalue weighted by molar-refractivity contribution is 5.88. The highest BCUT2D eigenvalue weighted by Crippen LogP contribution is 2.45. The molecule has 47 heavy (non-hydrogen) atoms. The highest BCUT2D eigenvalue weighted by atomic mass is 19.1. The summed E-state index contributed by atoms with van der Waals surface area (Å²) < 4.78 is 40.8. The molecular formula is C40H52F2O5. The van der Waals surface area contributed by atoms with Crippen LogP contribution in [0, 0.1) is 35.3 Å². The van der Waals surface area contributed by atoms with Crippen molar-refractivity contribution in [1.82, 2.24) is 0 Å². The lowest BCUT2D eigenvalue weighted by atomic mass is 9.67. The van der Waals surface area contributed by atoms with Gasteiger partial charge >= 0.3 is 11.9 Å². The summed E-state index contributed by atoms with van der Waals surface area (Å²) in [5.41, 5.74) is 2.92. The van der Waals surface area contributed by atoms with E-state index in [1.54, 1.807) is 6.92 Å². The molecule has 2 aromatic carbocycles. The minimum absolute atomic E-state index is 0.00326. The minimum atomic E-state index is -0.630. The number of esters is 2. The van der Waals surface area contributed by atoms with Crippen molar-refractivity contribution < 1.29 is 33.0 Å². The molecule has 0 heterocycles.